The summed E-state index contributed by atoms with van der Waals surface area (Å²) in [5.74, 6) is 0.263. The number of aliphatic hydroxyl groups is 1. The number of ether oxygens (including phenoxy) is 1. The number of hydrogen-bond acceptors (Lipinski definition) is 4. The van der Waals surface area contributed by atoms with Crippen molar-refractivity contribution in [3.63, 3.8) is 0 Å². The molecular formula is C11H21NO3. The van der Waals surface area contributed by atoms with Gasteiger partial charge in [-0.25, -0.2) is 4.79 Å². The molecule has 1 rings (SSSR count). The first-order chi connectivity index (χ1) is 7.06. The first kappa shape index (κ1) is 12.5. The Bertz CT molecular complexity index is 212. The molecule has 4 nitrogen and oxygen atoms in total. The number of carbonyl (C=O) groups excluding carboxylic acids is 1. The van der Waals surface area contributed by atoms with E-state index in [2.05, 4.69) is 10.1 Å². The summed E-state index contributed by atoms with van der Waals surface area (Å²) in [6, 6.07) is 0. The van der Waals surface area contributed by atoms with Crippen LogP contribution in [0, 0.1) is 5.92 Å². The molecule has 1 saturated carbocycles. The highest BCUT2D eigenvalue weighted by molar-refractivity contribution is 5.78. The third-order valence-corrected chi connectivity index (χ3v) is 3.05. The van der Waals surface area contributed by atoms with Crippen LogP contribution in [-0.4, -0.2) is 36.9 Å². The fourth-order valence-corrected chi connectivity index (χ4v) is 1.71. The Balaban J connectivity index is 2.09. The van der Waals surface area contributed by atoms with Crippen molar-refractivity contribution in [3.8, 4) is 0 Å². The molecule has 0 aromatic rings. The van der Waals surface area contributed by atoms with Gasteiger partial charge in [0.1, 0.15) is 0 Å². The minimum absolute atomic E-state index is 0.256. The van der Waals surface area contributed by atoms with Crippen LogP contribution in [0.5, 0.6) is 0 Å². The lowest BCUT2D eigenvalue weighted by atomic mass is 9.83. The average Bonchev–Trinajstić information content (AvgIpc) is 2.13. The lowest BCUT2D eigenvalue weighted by Crippen LogP contribution is -2.46. The van der Waals surface area contributed by atoms with Gasteiger partial charge in [-0.05, 0) is 25.8 Å². The molecule has 88 valence electrons. The van der Waals surface area contributed by atoms with Crippen LogP contribution in [0.15, 0.2) is 0 Å². The number of rotatable bonds is 6. The Kier molecular flexibility index (Phi) is 4.54. The molecule has 1 aliphatic rings. The van der Waals surface area contributed by atoms with Gasteiger partial charge in [0, 0.05) is 6.54 Å². The van der Waals surface area contributed by atoms with E-state index in [1.807, 2.05) is 0 Å². The van der Waals surface area contributed by atoms with Crippen molar-refractivity contribution in [1.29, 1.82) is 0 Å². The van der Waals surface area contributed by atoms with Crippen molar-refractivity contribution in [2.75, 3.05) is 20.2 Å². The molecule has 0 radical (unpaired) electrons. The Labute approximate surface area is 91.0 Å². The second kappa shape index (κ2) is 5.47. The van der Waals surface area contributed by atoms with Crippen molar-refractivity contribution < 1.29 is 14.6 Å². The highest BCUT2D eigenvalue weighted by atomic mass is 16.5. The molecule has 0 saturated heterocycles. The predicted octanol–water partition coefficient (Wildman–Crippen LogP) is 0.690. The smallest absolute Gasteiger partial charge is 0.338 e. The van der Waals surface area contributed by atoms with Crippen LogP contribution in [0.2, 0.25) is 0 Å². The number of esters is 1. The SMILES string of the molecule is COC(=O)C(C)(O)CNCCC1CCC1. The summed E-state index contributed by atoms with van der Waals surface area (Å²) in [6.07, 6.45) is 5.14. The Morgan fingerprint density at radius 1 is 1.60 bits per heavy atom. The summed E-state index contributed by atoms with van der Waals surface area (Å²) in [4.78, 5) is 11.1. The molecule has 15 heavy (non-hydrogen) atoms. The minimum Gasteiger partial charge on any atom is -0.467 e. The van der Waals surface area contributed by atoms with Crippen molar-refractivity contribution in [2.24, 2.45) is 5.92 Å². The molecule has 0 aromatic carbocycles. The van der Waals surface area contributed by atoms with Gasteiger partial charge in [-0.3, -0.25) is 0 Å². The molecule has 1 fully saturated rings. The van der Waals surface area contributed by atoms with Crippen molar-refractivity contribution >= 4 is 5.97 Å². The van der Waals surface area contributed by atoms with E-state index >= 15 is 0 Å². The van der Waals surface area contributed by atoms with Gasteiger partial charge in [0.2, 0.25) is 0 Å². The van der Waals surface area contributed by atoms with Gasteiger partial charge >= 0.3 is 5.97 Å². The second-order valence-electron chi connectivity index (χ2n) is 4.53. The standard InChI is InChI=1S/C11H21NO3/c1-11(14,10(13)15-2)8-12-7-6-9-4-3-5-9/h9,12,14H,3-8H2,1-2H3. The molecule has 0 aromatic heterocycles. The average molecular weight is 215 g/mol. The van der Waals surface area contributed by atoms with E-state index in [0.717, 1.165) is 18.9 Å². The lowest BCUT2D eigenvalue weighted by Gasteiger charge is -2.26. The molecule has 1 aliphatic carbocycles. The molecule has 1 atom stereocenters. The van der Waals surface area contributed by atoms with E-state index in [1.165, 1.54) is 33.3 Å². The Morgan fingerprint density at radius 2 is 2.27 bits per heavy atom. The van der Waals surface area contributed by atoms with E-state index in [9.17, 15) is 9.90 Å². The number of carbonyl (C=O) groups is 1. The summed E-state index contributed by atoms with van der Waals surface area (Å²) < 4.78 is 4.50. The van der Waals surface area contributed by atoms with Crippen LogP contribution in [0.25, 0.3) is 0 Å². The maximum absolute atomic E-state index is 11.1. The topological polar surface area (TPSA) is 58.6 Å². The monoisotopic (exact) mass is 215 g/mol. The first-order valence-electron chi connectivity index (χ1n) is 5.58. The summed E-state index contributed by atoms with van der Waals surface area (Å²) >= 11 is 0. The van der Waals surface area contributed by atoms with E-state index < -0.39 is 11.6 Å². The van der Waals surface area contributed by atoms with E-state index in [-0.39, 0.29) is 6.54 Å². The summed E-state index contributed by atoms with van der Waals surface area (Å²) in [7, 11) is 1.28. The second-order valence-corrected chi connectivity index (χ2v) is 4.53. The van der Waals surface area contributed by atoms with Crippen LogP contribution in [-0.2, 0) is 9.53 Å². The van der Waals surface area contributed by atoms with Gasteiger partial charge in [0.15, 0.2) is 5.60 Å². The summed E-state index contributed by atoms with van der Waals surface area (Å²) in [5.41, 5.74) is -1.41. The molecular weight excluding hydrogens is 194 g/mol. The molecule has 0 spiro atoms. The predicted molar refractivity (Wildman–Crippen MR) is 57.5 cm³/mol. The van der Waals surface area contributed by atoms with Crippen LogP contribution >= 0.6 is 0 Å². The largest absolute Gasteiger partial charge is 0.467 e. The molecule has 2 N–H and O–H groups in total. The maximum Gasteiger partial charge on any atom is 0.338 e. The van der Waals surface area contributed by atoms with Crippen molar-refractivity contribution in [2.45, 2.75) is 38.2 Å². The number of nitrogens with one attached hydrogen (secondary N) is 1. The van der Waals surface area contributed by atoms with Crippen LogP contribution in [0.1, 0.15) is 32.6 Å². The molecule has 1 unspecified atom stereocenters. The van der Waals surface area contributed by atoms with Gasteiger partial charge in [0.05, 0.1) is 7.11 Å². The third kappa shape index (κ3) is 3.80. The lowest BCUT2D eigenvalue weighted by molar-refractivity contribution is -0.159. The van der Waals surface area contributed by atoms with Crippen molar-refractivity contribution in [3.05, 3.63) is 0 Å². The van der Waals surface area contributed by atoms with E-state index in [4.69, 9.17) is 0 Å². The first-order valence-corrected chi connectivity index (χ1v) is 5.58. The normalized spacial score (nSPS) is 20.5. The zero-order valence-electron chi connectivity index (χ0n) is 9.58. The van der Waals surface area contributed by atoms with E-state index in [0.29, 0.717) is 0 Å². The Hall–Kier alpha value is -0.610. The molecule has 0 aliphatic heterocycles. The summed E-state index contributed by atoms with van der Waals surface area (Å²) in [5, 5.41) is 12.8. The van der Waals surface area contributed by atoms with Gasteiger partial charge in [0.25, 0.3) is 0 Å². The Morgan fingerprint density at radius 3 is 2.73 bits per heavy atom. The molecule has 4 heteroatoms. The zero-order valence-corrected chi connectivity index (χ0v) is 9.58. The number of hydrogen-bond donors (Lipinski definition) is 2. The summed E-state index contributed by atoms with van der Waals surface area (Å²) in [6.45, 7) is 2.58. The fraction of sp³-hybridized carbons (Fsp3) is 0.909. The third-order valence-electron chi connectivity index (χ3n) is 3.05. The van der Waals surface area contributed by atoms with Gasteiger partial charge in [-0.2, -0.15) is 0 Å². The van der Waals surface area contributed by atoms with Gasteiger partial charge < -0.3 is 15.2 Å². The van der Waals surface area contributed by atoms with Crippen molar-refractivity contribution in [1.82, 2.24) is 5.32 Å². The maximum atomic E-state index is 11.1. The minimum atomic E-state index is -1.41. The zero-order chi connectivity index (χ0) is 11.3. The molecule has 0 amide bonds. The highest BCUT2D eigenvalue weighted by Gasteiger charge is 2.30. The van der Waals surface area contributed by atoms with Gasteiger partial charge in [-0.15, -0.1) is 0 Å². The van der Waals surface area contributed by atoms with E-state index in [1.54, 1.807) is 0 Å². The quantitative estimate of drug-likeness (QED) is 0.505. The number of methoxy groups -OCH3 is 1. The van der Waals surface area contributed by atoms with Crippen LogP contribution in [0.4, 0.5) is 0 Å². The van der Waals surface area contributed by atoms with Gasteiger partial charge in [-0.1, -0.05) is 19.3 Å². The van der Waals surface area contributed by atoms with Crippen LogP contribution in [0.3, 0.4) is 0 Å². The molecule has 0 heterocycles. The van der Waals surface area contributed by atoms with Crippen LogP contribution < -0.4 is 5.32 Å². The fourth-order valence-electron chi connectivity index (χ4n) is 1.71. The molecule has 0 bridgehead atoms. The highest BCUT2D eigenvalue weighted by Crippen LogP contribution is 2.28.